The highest BCUT2D eigenvalue weighted by Crippen LogP contribution is 2.32. The minimum Gasteiger partial charge on any atom is -0.392 e. The van der Waals surface area contributed by atoms with Crippen LogP contribution in [0.25, 0.3) is 11.3 Å². The fraction of sp³-hybridized carbons (Fsp3) is 0.353. The van der Waals surface area contributed by atoms with Gasteiger partial charge in [-0.3, -0.25) is 4.98 Å². The average molecular weight is 287 g/mol. The molecular formula is C17H21NOS. The van der Waals surface area contributed by atoms with Crippen molar-refractivity contribution in [2.75, 3.05) is 6.26 Å². The van der Waals surface area contributed by atoms with Crippen LogP contribution in [0.2, 0.25) is 0 Å². The third-order valence-corrected chi connectivity index (χ3v) is 4.47. The first kappa shape index (κ1) is 15.1. The van der Waals surface area contributed by atoms with Gasteiger partial charge in [0, 0.05) is 21.7 Å². The molecule has 1 heterocycles. The number of nitrogens with zero attached hydrogens (tertiary/aromatic N) is 1. The molecule has 2 nitrogen and oxygen atoms in total. The van der Waals surface area contributed by atoms with Crippen molar-refractivity contribution in [3.8, 4) is 11.3 Å². The summed E-state index contributed by atoms with van der Waals surface area (Å²) in [5, 5.41) is 9.49. The zero-order valence-corrected chi connectivity index (χ0v) is 13.3. The summed E-state index contributed by atoms with van der Waals surface area (Å²) in [6.45, 7) is 6.31. The van der Waals surface area contributed by atoms with Crippen molar-refractivity contribution in [1.82, 2.24) is 4.98 Å². The van der Waals surface area contributed by atoms with E-state index in [9.17, 15) is 5.11 Å². The van der Waals surface area contributed by atoms with Crippen molar-refractivity contribution in [3.05, 3.63) is 46.6 Å². The molecule has 106 valence electrons. The van der Waals surface area contributed by atoms with Crippen molar-refractivity contribution in [1.29, 1.82) is 0 Å². The van der Waals surface area contributed by atoms with Crippen LogP contribution in [0.1, 0.15) is 29.3 Å². The second kappa shape index (κ2) is 6.42. The zero-order valence-electron chi connectivity index (χ0n) is 12.5. The highest BCUT2D eigenvalue weighted by Gasteiger charge is 2.13. The SMILES string of the molecule is CCc1cccc(C)c1-c1cc(SC)c(CO)c(C)n1. The number of aliphatic hydroxyl groups excluding tert-OH is 1. The van der Waals surface area contributed by atoms with Gasteiger partial charge in [-0.15, -0.1) is 11.8 Å². The Morgan fingerprint density at radius 3 is 2.60 bits per heavy atom. The van der Waals surface area contributed by atoms with Crippen LogP contribution >= 0.6 is 11.8 Å². The molecule has 0 fully saturated rings. The maximum absolute atomic E-state index is 9.49. The number of benzene rings is 1. The van der Waals surface area contributed by atoms with E-state index >= 15 is 0 Å². The van der Waals surface area contributed by atoms with Crippen LogP contribution in [0.3, 0.4) is 0 Å². The van der Waals surface area contributed by atoms with E-state index in [2.05, 4.69) is 38.1 Å². The average Bonchev–Trinajstić information content (AvgIpc) is 2.45. The van der Waals surface area contributed by atoms with Gasteiger partial charge in [-0.25, -0.2) is 0 Å². The molecule has 0 saturated carbocycles. The Kier molecular flexibility index (Phi) is 4.84. The Labute approximate surface area is 125 Å². The van der Waals surface area contributed by atoms with Crippen molar-refractivity contribution in [2.45, 2.75) is 38.7 Å². The third-order valence-electron chi connectivity index (χ3n) is 3.66. The summed E-state index contributed by atoms with van der Waals surface area (Å²) in [6, 6.07) is 8.50. The molecule has 1 aromatic carbocycles. The zero-order chi connectivity index (χ0) is 14.7. The van der Waals surface area contributed by atoms with Gasteiger partial charge in [-0.1, -0.05) is 25.1 Å². The Morgan fingerprint density at radius 2 is 2.00 bits per heavy atom. The summed E-state index contributed by atoms with van der Waals surface area (Å²) in [5.41, 5.74) is 6.67. The van der Waals surface area contributed by atoms with E-state index in [1.165, 1.54) is 16.7 Å². The van der Waals surface area contributed by atoms with E-state index in [4.69, 9.17) is 4.98 Å². The van der Waals surface area contributed by atoms with E-state index in [-0.39, 0.29) is 6.61 Å². The topological polar surface area (TPSA) is 33.1 Å². The summed E-state index contributed by atoms with van der Waals surface area (Å²) >= 11 is 1.66. The predicted molar refractivity (Wildman–Crippen MR) is 86.2 cm³/mol. The number of aliphatic hydroxyl groups is 1. The van der Waals surface area contributed by atoms with Crippen molar-refractivity contribution < 1.29 is 5.11 Å². The van der Waals surface area contributed by atoms with E-state index in [1.54, 1.807) is 11.8 Å². The van der Waals surface area contributed by atoms with Gasteiger partial charge in [0.1, 0.15) is 0 Å². The Balaban J connectivity index is 2.68. The molecule has 0 aliphatic rings. The molecule has 0 amide bonds. The van der Waals surface area contributed by atoms with E-state index in [0.29, 0.717) is 0 Å². The lowest BCUT2D eigenvalue weighted by atomic mass is 9.96. The number of aromatic nitrogens is 1. The number of rotatable bonds is 4. The Bertz CT molecular complexity index is 623. The molecule has 0 radical (unpaired) electrons. The van der Waals surface area contributed by atoms with Crippen LogP contribution in [0.5, 0.6) is 0 Å². The lowest BCUT2D eigenvalue weighted by Crippen LogP contribution is -2.00. The number of pyridine rings is 1. The van der Waals surface area contributed by atoms with E-state index in [0.717, 1.165) is 28.3 Å². The highest BCUT2D eigenvalue weighted by molar-refractivity contribution is 7.98. The lowest BCUT2D eigenvalue weighted by molar-refractivity contribution is 0.277. The van der Waals surface area contributed by atoms with Crippen LogP contribution in [0.4, 0.5) is 0 Å². The number of hydrogen-bond acceptors (Lipinski definition) is 3. The smallest absolute Gasteiger partial charge is 0.0722 e. The molecule has 0 spiro atoms. The van der Waals surface area contributed by atoms with Gasteiger partial charge in [0.2, 0.25) is 0 Å². The minimum atomic E-state index is 0.0453. The number of thioether (sulfide) groups is 1. The Morgan fingerprint density at radius 1 is 1.25 bits per heavy atom. The number of aryl methyl sites for hydroxylation is 3. The van der Waals surface area contributed by atoms with Gasteiger partial charge < -0.3 is 5.11 Å². The van der Waals surface area contributed by atoms with E-state index in [1.807, 2.05) is 13.2 Å². The predicted octanol–water partition coefficient (Wildman–Crippen LogP) is 4.14. The highest BCUT2D eigenvalue weighted by atomic mass is 32.2. The molecule has 0 aliphatic carbocycles. The van der Waals surface area contributed by atoms with Gasteiger partial charge in [0.15, 0.2) is 0 Å². The molecule has 1 aromatic heterocycles. The molecule has 2 aromatic rings. The van der Waals surface area contributed by atoms with Crippen molar-refractivity contribution in [3.63, 3.8) is 0 Å². The first-order valence-corrected chi connectivity index (χ1v) is 8.09. The summed E-state index contributed by atoms with van der Waals surface area (Å²) in [5.74, 6) is 0. The largest absolute Gasteiger partial charge is 0.392 e. The van der Waals surface area contributed by atoms with Crippen LogP contribution in [-0.2, 0) is 13.0 Å². The van der Waals surface area contributed by atoms with Crippen LogP contribution in [0, 0.1) is 13.8 Å². The monoisotopic (exact) mass is 287 g/mol. The first-order chi connectivity index (χ1) is 9.62. The van der Waals surface area contributed by atoms with Gasteiger partial charge in [0.05, 0.1) is 12.3 Å². The fourth-order valence-corrected chi connectivity index (χ4v) is 3.25. The second-order valence-electron chi connectivity index (χ2n) is 4.89. The summed E-state index contributed by atoms with van der Waals surface area (Å²) in [6.07, 6.45) is 3.03. The maximum Gasteiger partial charge on any atom is 0.0722 e. The molecule has 0 aliphatic heterocycles. The first-order valence-electron chi connectivity index (χ1n) is 6.86. The number of hydrogen-bond donors (Lipinski definition) is 1. The molecular weight excluding hydrogens is 266 g/mol. The van der Waals surface area contributed by atoms with Gasteiger partial charge in [0.25, 0.3) is 0 Å². The normalized spacial score (nSPS) is 10.8. The third kappa shape index (κ3) is 2.74. The minimum absolute atomic E-state index is 0.0453. The standard InChI is InChI=1S/C17H21NOS/c1-5-13-8-6-7-11(2)17(13)15-9-16(20-4)14(10-19)12(3)18-15/h6-9,19H,5,10H2,1-4H3. The van der Waals surface area contributed by atoms with Gasteiger partial charge in [-0.05, 0) is 43.7 Å². The maximum atomic E-state index is 9.49. The lowest BCUT2D eigenvalue weighted by Gasteiger charge is -2.15. The van der Waals surface area contributed by atoms with Crippen LogP contribution in [0.15, 0.2) is 29.2 Å². The molecule has 0 saturated heterocycles. The summed E-state index contributed by atoms with van der Waals surface area (Å²) in [7, 11) is 0. The van der Waals surface area contributed by atoms with Gasteiger partial charge >= 0.3 is 0 Å². The summed E-state index contributed by atoms with van der Waals surface area (Å²) in [4.78, 5) is 5.83. The summed E-state index contributed by atoms with van der Waals surface area (Å²) < 4.78 is 0. The van der Waals surface area contributed by atoms with Crippen LogP contribution in [-0.4, -0.2) is 16.3 Å². The molecule has 0 bridgehead atoms. The van der Waals surface area contributed by atoms with Crippen molar-refractivity contribution >= 4 is 11.8 Å². The van der Waals surface area contributed by atoms with Crippen LogP contribution < -0.4 is 0 Å². The molecule has 3 heteroatoms. The Hall–Kier alpha value is -1.32. The van der Waals surface area contributed by atoms with Gasteiger partial charge in [-0.2, -0.15) is 0 Å². The van der Waals surface area contributed by atoms with E-state index < -0.39 is 0 Å². The fourth-order valence-electron chi connectivity index (χ4n) is 2.56. The molecule has 20 heavy (non-hydrogen) atoms. The second-order valence-corrected chi connectivity index (χ2v) is 5.74. The molecule has 0 atom stereocenters. The molecule has 2 rings (SSSR count). The quantitative estimate of drug-likeness (QED) is 0.858. The van der Waals surface area contributed by atoms with Crippen molar-refractivity contribution in [2.24, 2.45) is 0 Å². The molecule has 0 unspecified atom stereocenters. The molecule has 1 N–H and O–H groups in total.